The van der Waals surface area contributed by atoms with E-state index in [2.05, 4.69) is 16.0 Å². The number of benzene rings is 1. The molecule has 0 aromatic heterocycles. The zero-order valence-corrected chi connectivity index (χ0v) is 13.8. The fourth-order valence-electron chi connectivity index (χ4n) is 2.24. The number of ether oxygens (including phenoxy) is 1. The van der Waals surface area contributed by atoms with E-state index >= 15 is 0 Å². The third kappa shape index (κ3) is 4.61. The van der Waals surface area contributed by atoms with Gasteiger partial charge in [-0.1, -0.05) is 0 Å². The molecule has 1 aromatic rings. The van der Waals surface area contributed by atoms with Crippen molar-refractivity contribution in [2.75, 3.05) is 10.6 Å². The maximum atomic E-state index is 12.1. The number of amides is 3. The summed E-state index contributed by atoms with van der Waals surface area (Å²) in [5.74, 6) is -0.626. The number of rotatable bonds is 5. The predicted molar refractivity (Wildman–Crippen MR) is 88.3 cm³/mol. The lowest BCUT2D eigenvalue weighted by Crippen LogP contribution is -2.45. The number of carbonyl (C=O) groups is 3. The molecule has 1 aliphatic rings. The first-order valence-corrected chi connectivity index (χ1v) is 7.59. The van der Waals surface area contributed by atoms with Crippen molar-refractivity contribution in [3.63, 3.8) is 0 Å². The smallest absolute Gasteiger partial charge is 0.319 e. The van der Waals surface area contributed by atoms with Crippen molar-refractivity contribution < 1.29 is 24.2 Å². The van der Waals surface area contributed by atoms with Crippen molar-refractivity contribution in [1.29, 1.82) is 0 Å². The van der Waals surface area contributed by atoms with Gasteiger partial charge in [-0.3, -0.25) is 9.59 Å². The van der Waals surface area contributed by atoms with Gasteiger partial charge in [-0.2, -0.15) is 0 Å². The summed E-state index contributed by atoms with van der Waals surface area (Å²) in [6, 6.07) is 4.47. The van der Waals surface area contributed by atoms with Gasteiger partial charge in [0.2, 0.25) is 0 Å². The number of anilines is 2. The first kappa shape index (κ1) is 17.6. The number of carboxylic acids is 1. The van der Waals surface area contributed by atoms with Crippen molar-refractivity contribution in [2.24, 2.45) is 0 Å². The standard InChI is InChI=1S/C16H21N3O5/c1-9-14(22)18-11-8-10(4-5-12(11)24-9)17-15(23)19-16(2,3)7-6-13(20)21/h4-5,8-9H,6-7H2,1-3H3,(H,18,22)(H,20,21)(H2,17,19,23). The van der Waals surface area contributed by atoms with Gasteiger partial charge in [0.25, 0.3) is 5.91 Å². The van der Waals surface area contributed by atoms with Crippen LogP contribution in [0.5, 0.6) is 5.75 Å². The minimum Gasteiger partial charge on any atom is -0.481 e. The molecule has 1 atom stereocenters. The second kappa shape index (κ2) is 6.77. The van der Waals surface area contributed by atoms with Gasteiger partial charge < -0.3 is 25.8 Å². The Labute approximate surface area is 139 Å². The van der Waals surface area contributed by atoms with Crippen LogP contribution >= 0.6 is 0 Å². The molecule has 1 aliphatic heterocycles. The number of fused-ring (bicyclic) bond motifs is 1. The number of hydrogen-bond acceptors (Lipinski definition) is 4. The first-order valence-electron chi connectivity index (χ1n) is 7.59. The fraction of sp³-hybridized carbons (Fsp3) is 0.438. The van der Waals surface area contributed by atoms with Crippen LogP contribution in [0.4, 0.5) is 16.2 Å². The molecule has 0 aliphatic carbocycles. The molecule has 1 heterocycles. The quantitative estimate of drug-likeness (QED) is 0.658. The van der Waals surface area contributed by atoms with Crippen LogP contribution in [0.1, 0.15) is 33.6 Å². The highest BCUT2D eigenvalue weighted by Gasteiger charge is 2.24. The Balaban J connectivity index is 1.98. The minimum atomic E-state index is -0.912. The molecule has 1 aromatic carbocycles. The lowest BCUT2D eigenvalue weighted by Gasteiger charge is -2.26. The molecule has 0 saturated carbocycles. The third-order valence-corrected chi connectivity index (χ3v) is 3.58. The van der Waals surface area contributed by atoms with E-state index in [0.717, 1.165) is 0 Å². The van der Waals surface area contributed by atoms with Gasteiger partial charge in [0.05, 0.1) is 5.69 Å². The largest absolute Gasteiger partial charge is 0.481 e. The molecular weight excluding hydrogens is 314 g/mol. The average Bonchev–Trinajstić information content (AvgIpc) is 2.46. The van der Waals surface area contributed by atoms with E-state index in [1.54, 1.807) is 39.0 Å². The summed E-state index contributed by atoms with van der Waals surface area (Å²) in [6.45, 7) is 5.15. The molecule has 2 rings (SSSR count). The maximum absolute atomic E-state index is 12.1. The monoisotopic (exact) mass is 335 g/mol. The summed E-state index contributed by atoms with van der Waals surface area (Å²) in [5.41, 5.74) is 0.309. The predicted octanol–water partition coefficient (Wildman–Crippen LogP) is 2.17. The van der Waals surface area contributed by atoms with Crippen molar-refractivity contribution in [1.82, 2.24) is 5.32 Å². The van der Waals surface area contributed by atoms with E-state index in [4.69, 9.17) is 9.84 Å². The van der Waals surface area contributed by atoms with E-state index in [1.807, 2.05) is 0 Å². The molecule has 0 radical (unpaired) electrons. The highest BCUT2D eigenvalue weighted by atomic mass is 16.5. The molecule has 8 heteroatoms. The molecule has 130 valence electrons. The Hall–Kier alpha value is -2.77. The Kier molecular flexibility index (Phi) is 4.96. The zero-order chi connectivity index (χ0) is 17.9. The van der Waals surface area contributed by atoms with Gasteiger partial charge in [-0.25, -0.2) is 4.79 Å². The van der Waals surface area contributed by atoms with Crippen molar-refractivity contribution in [3.05, 3.63) is 18.2 Å². The molecule has 3 amide bonds. The second-order valence-corrected chi connectivity index (χ2v) is 6.32. The number of carboxylic acid groups (broad SMARTS) is 1. The summed E-state index contributed by atoms with van der Waals surface area (Å²) in [5, 5.41) is 16.8. The van der Waals surface area contributed by atoms with Gasteiger partial charge in [0, 0.05) is 17.6 Å². The number of carbonyl (C=O) groups excluding carboxylic acids is 2. The second-order valence-electron chi connectivity index (χ2n) is 6.32. The average molecular weight is 335 g/mol. The van der Waals surface area contributed by atoms with E-state index in [-0.39, 0.29) is 12.3 Å². The Morgan fingerprint density at radius 1 is 1.38 bits per heavy atom. The molecule has 0 spiro atoms. The summed E-state index contributed by atoms with van der Waals surface area (Å²) in [6.07, 6.45) is -0.287. The van der Waals surface area contributed by atoms with Crippen LogP contribution in [0.3, 0.4) is 0 Å². The summed E-state index contributed by atoms with van der Waals surface area (Å²) >= 11 is 0. The fourth-order valence-corrected chi connectivity index (χ4v) is 2.24. The van der Waals surface area contributed by atoms with Gasteiger partial charge in [-0.15, -0.1) is 0 Å². The maximum Gasteiger partial charge on any atom is 0.319 e. The highest BCUT2D eigenvalue weighted by Crippen LogP contribution is 2.32. The summed E-state index contributed by atoms with van der Waals surface area (Å²) in [7, 11) is 0. The molecule has 0 bridgehead atoms. The lowest BCUT2D eigenvalue weighted by molar-refractivity contribution is -0.137. The summed E-state index contributed by atoms with van der Waals surface area (Å²) < 4.78 is 5.44. The molecule has 8 nitrogen and oxygen atoms in total. The number of aliphatic carboxylic acids is 1. The van der Waals surface area contributed by atoms with Gasteiger partial charge in [-0.05, 0) is 45.4 Å². The third-order valence-electron chi connectivity index (χ3n) is 3.58. The van der Waals surface area contributed by atoms with E-state index in [1.165, 1.54) is 0 Å². The van der Waals surface area contributed by atoms with E-state index in [0.29, 0.717) is 23.5 Å². The van der Waals surface area contributed by atoms with Crippen LogP contribution in [-0.2, 0) is 9.59 Å². The normalized spacial score (nSPS) is 16.5. The van der Waals surface area contributed by atoms with E-state index in [9.17, 15) is 14.4 Å². The SMILES string of the molecule is CC1Oc2ccc(NC(=O)NC(C)(C)CCC(=O)O)cc2NC1=O. The lowest BCUT2D eigenvalue weighted by atomic mass is 9.99. The molecule has 1 unspecified atom stereocenters. The minimum absolute atomic E-state index is 0.0340. The van der Waals surface area contributed by atoms with Gasteiger partial charge in [0.15, 0.2) is 6.10 Å². The highest BCUT2D eigenvalue weighted by molar-refractivity contribution is 5.99. The van der Waals surface area contributed by atoms with Crippen LogP contribution in [0, 0.1) is 0 Å². The van der Waals surface area contributed by atoms with Crippen LogP contribution in [0.2, 0.25) is 0 Å². The van der Waals surface area contributed by atoms with Gasteiger partial charge in [0.1, 0.15) is 5.75 Å². The first-order chi connectivity index (χ1) is 11.2. The number of nitrogens with one attached hydrogen (secondary N) is 3. The van der Waals surface area contributed by atoms with Crippen molar-refractivity contribution in [3.8, 4) is 5.75 Å². The Morgan fingerprint density at radius 2 is 2.08 bits per heavy atom. The number of urea groups is 1. The van der Waals surface area contributed by atoms with Crippen LogP contribution in [0.25, 0.3) is 0 Å². The Morgan fingerprint density at radius 3 is 2.75 bits per heavy atom. The van der Waals surface area contributed by atoms with Crippen molar-refractivity contribution >= 4 is 29.3 Å². The van der Waals surface area contributed by atoms with Crippen LogP contribution < -0.4 is 20.7 Å². The Bertz CT molecular complexity index is 672. The summed E-state index contributed by atoms with van der Waals surface area (Å²) in [4.78, 5) is 34.3. The molecule has 24 heavy (non-hydrogen) atoms. The molecule has 0 fully saturated rings. The van der Waals surface area contributed by atoms with Crippen molar-refractivity contribution in [2.45, 2.75) is 45.3 Å². The van der Waals surface area contributed by atoms with Crippen LogP contribution in [-0.4, -0.2) is 34.7 Å². The molecule has 0 saturated heterocycles. The zero-order valence-electron chi connectivity index (χ0n) is 13.8. The van der Waals surface area contributed by atoms with Gasteiger partial charge >= 0.3 is 12.0 Å². The molecular formula is C16H21N3O5. The topological polar surface area (TPSA) is 117 Å². The van der Waals surface area contributed by atoms with Crippen LogP contribution in [0.15, 0.2) is 18.2 Å². The molecule has 4 N–H and O–H groups in total. The van der Waals surface area contributed by atoms with E-state index < -0.39 is 23.6 Å². The number of hydrogen-bond donors (Lipinski definition) is 4.